The number of nitrogens with zero attached hydrogens (tertiary/aromatic N) is 7. The number of nitrogens with one attached hydrogen (secondary N) is 1. The molecule has 0 saturated heterocycles. The molecule has 20 heavy (non-hydrogen) atoms. The quantitative estimate of drug-likeness (QED) is 0.631. The van der Waals surface area contributed by atoms with Crippen molar-refractivity contribution in [3.05, 3.63) is 34.4 Å². The van der Waals surface area contributed by atoms with Gasteiger partial charge < -0.3 is 4.90 Å². The molecular weight excluding hydrogens is 260 g/mol. The lowest BCUT2D eigenvalue weighted by atomic mass is 10.3. The fourth-order valence-corrected chi connectivity index (χ4v) is 2.50. The number of H-pyrrole nitrogens is 1. The third kappa shape index (κ3) is 1.52. The Labute approximate surface area is 112 Å². The second-order valence-corrected chi connectivity index (χ2v) is 4.75. The number of aromatic amines is 1. The van der Waals surface area contributed by atoms with Crippen LogP contribution in [0.5, 0.6) is 0 Å². The molecule has 1 aliphatic heterocycles. The fourth-order valence-electron chi connectivity index (χ4n) is 2.50. The van der Waals surface area contributed by atoms with Gasteiger partial charge in [-0.3, -0.25) is 4.57 Å². The van der Waals surface area contributed by atoms with Gasteiger partial charge in [0.25, 0.3) is 5.78 Å². The van der Waals surface area contributed by atoms with Crippen LogP contribution in [0.15, 0.2) is 17.2 Å². The first-order valence-corrected chi connectivity index (χ1v) is 6.29. The Bertz CT molecular complexity index is 844. The number of rotatable bonds is 1. The number of anilines is 1. The molecule has 1 aliphatic rings. The van der Waals surface area contributed by atoms with Gasteiger partial charge in [-0.1, -0.05) is 0 Å². The van der Waals surface area contributed by atoms with Gasteiger partial charge in [-0.25, -0.2) is 14.9 Å². The zero-order valence-corrected chi connectivity index (χ0v) is 10.8. The second kappa shape index (κ2) is 3.89. The predicted molar refractivity (Wildman–Crippen MR) is 69.4 cm³/mol. The molecule has 0 spiro atoms. The summed E-state index contributed by atoms with van der Waals surface area (Å²) in [6.45, 7) is 3.79. The molecule has 9 nitrogen and oxygen atoms in total. The van der Waals surface area contributed by atoms with Crippen molar-refractivity contribution in [1.82, 2.24) is 34.3 Å². The molecule has 102 valence electrons. The molecule has 9 heteroatoms. The van der Waals surface area contributed by atoms with E-state index in [9.17, 15) is 4.79 Å². The highest BCUT2D eigenvalue weighted by Gasteiger charge is 2.22. The highest BCUT2D eigenvalue weighted by atomic mass is 16.1. The second-order valence-electron chi connectivity index (χ2n) is 4.75. The average Bonchev–Trinajstić information content (AvgIpc) is 3.04. The third-order valence-electron chi connectivity index (χ3n) is 3.45. The molecule has 3 aromatic heterocycles. The van der Waals surface area contributed by atoms with Crippen molar-refractivity contribution >= 4 is 11.6 Å². The molecule has 0 radical (unpaired) electrons. The highest BCUT2D eigenvalue weighted by molar-refractivity contribution is 5.47. The van der Waals surface area contributed by atoms with Crippen LogP contribution >= 0.6 is 0 Å². The molecule has 0 unspecified atom stereocenters. The van der Waals surface area contributed by atoms with Crippen molar-refractivity contribution in [3.8, 4) is 0 Å². The lowest BCUT2D eigenvalue weighted by molar-refractivity contribution is 0.541. The number of aryl methyl sites for hydroxylation is 1. The Morgan fingerprint density at radius 2 is 2.25 bits per heavy atom. The first kappa shape index (κ1) is 11.1. The zero-order valence-electron chi connectivity index (χ0n) is 10.8. The Morgan fingerprint density at radius 1 is 1.35 bits per heavy atom. The zero-order chi connectivity index (χ0) is 13.7. The molecule has 0 amide bonds. The van der Waals surface area contributed by atoms with E-state index >= 15 is 0 Å². The van der Waals surface area contributed by atoms with Gasteiger partial charge in [-0.05, 0) is 6.92 Å². The molecule has 0 aromatic carbocycles. The van der Waals surface area contributed by atoms with Crippen molar-refractivity contribution < 1.29 is 0 Å². The first-order chi connectivity index (χ1) is 9.72. The summed E-state index contributed by atoms with van der Waals surface area (Å²) in [5.41, 5.74) is 0.724. The first-order valence-electron chi connectivity index (χ1n) is 6.29. The van der Waals surface area contributed by atoms with Gasteiger partial charge >= 0.3 is 5.69 Å². The summed E-state index contributed by atoms with van der Waals surface area (Å²) in [6, 6.07) is 1.96. The summed E-state index contributed by atoms with van der Waals surface area (Å²) in [4.78, 5) is 22.1. The van der Waals surface area contributed by atoms with Crippen molar-refractivity contribution in [3.63, 3.8) is 0 Å². The molecule has 0 fully saturated rings. The smallest absolute Gasteiger partial charge is 0.343 e. The number of aromatic nitrogens is 7. The molecule has 1 N–H and O–H groups in total. The van der Waals surface area contributed by atoms with Crippen LogP contribution in [0, 0.1) is 6.92 Å². The van der Waals surface area contributed by atoms with Crippen molar-refractivity contribution in [2.24, 2.45) is 0 Å². The minimum atomic E-state index is -0.156. The van der Waals surface area contributed by atoms with Crippen molar-refractivity contribution in [2.75, 3.05) is 11.4 Å². The van der Waals surface area contributed by atoms with E-state index in [1.165, 1.54) is 6.33 Å². The summed E-state index contributed by atoms with van der Waals surface area (Å²) in [7, 11) is 0. The maximum absolute atomic E-state index is 11.5. The molecule has 0 aliphatic carbocycles. The van der Waals surface area contributed by atoms with E-state index < -0.39 is 0 Å². The van der Waals surface area contributed by atoms with Crippen LogP contribution in [0.4, 0.5) is 5.82 Å². The van der Waals surface area contributed by atoms with E-state index in [0.717, 1.165) is 17.3 Å². The summed E-state index contributed by atoms with van der Waals surface area (Å²) in [5.74, 6) is 2.21. The SMILES string of the molecule is Cc1cc(N2CCn3c(n[nH]c3=O)C2)n2ncnc2n1. The molecular formula is C11H12N8O. The molecule has 4 heterocycles. The van der Waals surface area contributed by atoms with Crippen LogP contribution in [-0.2, 0) is 13.1 Å². The lowest BCUT2D eigenvalue weighted by Gasteiger charge is -2.28. The molecule has 0 saturated carbocycles. The van der Waals surface area contributed by atoms with E-state index in [0.29, 0.717) is 25.4 Å². The number of fused-ring (bicyclic) bond motifs is 2. The maximum Gasteiger partial charge on any atom is 0.343 e. The van der Waals surface area contributed by atoms with Gasteiger partial charge in [-0.15, -0.1) is 0 Å². The Hall–Kier alpha value is -2.71. The van der Waals surface area contributed by atoms with E-state index in [4.69, 9.17) is 0 Å². The largest absolute Gasteiger partial charge is 0.347 e. The Kier molecular flexibility index (Phi) is 2.17. The summed E-state index contributed by atoms with van der Waals surface area (Å²) in [5, 5.41) is 10.7. The van der Waals surface area contributed by atoms with Crippen LogP contribution in [0.1, 0.15) is 11.5 Å². The van der Waals surface area contributed by atoms with E-state index in [1.54, 1.807) is 9.08 Å². The fraction of sp³-hybridized carbons (Fsp3) is 0.364. The average molecular weight is 272 g/mol. The summed E-state index contributed by atoms with van der Waals surface area (Å²) < 4.78 is 3.36. The van der Waals surface area contributed by atoms with Gasteiger partial charge in [0.05, 0.1) is 6.54 Å². The van der Waals surface area contributed by atoms with Gasteiger partial charge in [0.15, 0.2) is 5.82 Å². The van der Waals surface area contributed by atoms with E-state index in [2.05, 4.69) is 30.2 Å². The maximum atomic E-state index is 11.5. The van der Waals surface area contributed by atoms with Gasteiger partial charge in [0.1, 0.15) is 12.1 Å². The normalized spacial score (nSPS) is 14.8. The Morgan fingerprint density at radius 3 is 3.15 bits per heavy atom. The molecule has 0 bridgehead atoms. The summed E-state index contributed by atoms with van der Waals surface area (Å²) >= 11 is 0. The van der Waals surface area contributed by atoms with Crippen LogP contribution in [0.2, 0.25) is 0 Å². The standard InChI is InChI=1S/C11H12N8O/c1-7-4-9(19-10(14-7)12-6-13-19)17-2-3-18-8(5-17)15-16-11(18)20/h4,6H,2-3,5H2,1H3,(H,16,20). The monoisotopic (exact) mass is 272 g/mol. The van der Waals surface area contributed by atoms with Crippen LogP contribution < -0.4 is 10.6 Å². The topological polar surface area (TPSA) is 97.0 Å². The van der Waals surface area contributed by atoms with Crippen LogP contribution in [0.25, 0.3) is 5.78 Å². The van der Waals surface area contributed by atoms with E-state index in [1.807, 2.05) is 13.0 Å². The van der Waals surface area contributed by atoms with Gasteiger partial charge in [-0.2, -0.15) is 19.7 Å². The molecule has 3 aromatic rings. The molecule has 0 atom stereocenters. The van der Waals surface area contributed by atoms with E-state index in [-0.39, 0.29) is 5.69 Å². The van der Waals surface area contributed by atoms with Crippen LogP contribution in [-0.4, -0.2) is 40.9 Å². The number of hydrogen-bond acceptors (Lipinski definition) is 6. The van der Waals surface area contributed by atoms with Crippen LogP contribution in [0.3, 0.4) is 0 Å². The minimum Gasteiger partial charge on any atom is -0.347 e. The third-order valence-corrected chi connectivity index (χ3v) is 3.45. The van der Waals surface area contributed by atoms with Crippen molar-refractivity contribution in [1.29, 1.82) is 0 Å². The van der Waals surface area contributed by atoms with Gasteiger partial charge in [0.2, 0.25) is 0 Å². The highest BCUT2D eigenvalue weighted by Crippen LogP contribution is 2.19. The number of hydrogen-bond donors (Lipinski definition) is 1. The van der Waals surface area contributed by atoms with Gasteiger partial charge in [0, 0.05) is 24.8 Å². The Balaban J connectivity index is 1.81. The predicted octanol–water partition coefficient (Wildman–Crippen LogP) is -0.662. The lowest BCUT2D eigenvalue weighted by Crippen LogP contribution is -2.38. The van der Waals surface area contributed by atoms with Crippen molar-refractivity contribution in [2.45, 2.75) is 20.0 Å². The summed E-state index contributed by atoms with van der Waals surface area (Å²) in [6.07, 6.45) is 1.49. The minimum absolute atomic E-state index is 0.156. The molecule has 4 rings (SSSR count).